The van der Waals surface area contributed by atoms with E-state index in [9.17, 15) is 4.79 Å². The van der Waals surface area contributed by atoms with Gasteiger partial charge in [0.05, 0.1) is 33.1 Å². The van der Waals surface area contributed by atoms with Gasteiger partial charge in [0.15, 0.2) is 0 Å². The summed E-state index contributed by atoms with van der Waals surface area (Å²) >= 11 is 9.72. The number of rotatable bonds is 2. The quantitative estimate of drug-likeness (QED) is 0.650. The van der Waals surface area contributed by atoms with E-state index < -0.39 is 0 Å². The number of ether oxygens (including phenoxy) is 1. The molecule has 0 radical (unpaired) electrons. The Bertz CT molecular complexity index is 371. The second-order valence-electron chi connectivity index (χ2n) is 3.27. The molecular formula is C9H9ClINO2S. The van der Waals surface area contributed by atoms with Crippen LogP contribution in [0.15, 0.2) is 11.4 Å². The first-order valence-electron chi connectivity index (χ1n) is 4.43. The van der Waals surface area contributed by atoms with Crippen LogP contribution < -0.4 is 5.32 Å². The Morgan fingerprint density at radius 2 is 2.47 bits per heavy atom. The molecule has 2 atom stereocenters. The lowest BCUT2D eigenvalue weighted by molar-refractivity contribution is 0.0930. The zero-order chi connectivity index (χ0) is 10.8. The van der Waals surface area contributed by atoms with Crippen LogP contribution in [-0.2, 0) is 4.74 Å². The fraction of sp³-hybridized carbons (Fsp3) is 0.444. The molecule has 82 valence electrons. The minimum Gasteiger partial charge on any atom is -0.378 e. The highest BCUT2D eigenvalue weighted by Crippen LogP contribution is 2.18. The van der Waals surface area contributed by atoms with Crippen molar-refractivity contribution in [1.29, 1.82) is 0 Å². The molecule has 1 fully saturated rings. The molecule has 3 nitrogen and oxygen atoms in total. The van der Waals surface area contributed by atoms with Crippen LogP contribution >= 0.6 is 45.5 Å². The van der Waals surface area contributed by atoms with Crippen molar-refractivity contribution < 1.29 is 9.53 Å². The topological polar surface area (TPSA) is 38.3 Å². The van der Waals surface area contributed by atoms with Gasteiger partial charge < -0.3 is 10.1 Å². The largest absolute Gasteiger partial charge is 0.378 e. The molecule has 0 saturated carbocycles. The number of carbonyl (C=O) groups excluding carboxylic acids is 1. The second-order valence-corrected chi connectivity index (χ2v) is 6.64. The fourth-order valence-electron chi connectivity index (χ4n) is 1.34. The van der Waals surface area contributed by atoms with Crippen LogP contribution in [0.25, 0.3) is 0 Å². The maximum absolute atomic E-state index is 11.7. The van der Waals surface area contributed by atoms with E-state index in [-0.39, 0.29) is 17.3 Å². The molecule has 1 N–H and O–H groups in total. The van der Waals surface area contributed by atoms with Crippen molar-refractivity contribution in [2.24, 2.45) is 0 Å². The van der Waals surface area contributed by atoms with Crippen molar-refractivity contribution in [3.63, 3.8) is 0 Å². The van der Waals surface area contributed by atoms with E-state index in [1.807, 2.05) is 11.4 Å². The Morgan fingerprint density at radius 1 is 1.67 bits per heavy atom. The number of hydrogen-bond acceptors (Lipinski definition) is 3. The number of carbonyl (C=O) groups is 1. The molecule has 0 aromatic carbocycles. The van der Waals surface area contributed by atoms with Crippen LogP contribution in [0.2, 0.25) is 0 Å². The number of hydrogen-bond donors (Lipinski definition) is 1. The van der Waals surface area contributed by atoms with Gasteiger partial charge >= 0.3 is 0 Å². The van der Waals surface area contributed by atoms with Crippen LogP contribution in [0, 0.1) is 2.88 Å². The Balaban J connectivity index is 1.97. The summed E-state index contributed by atoms with van der Waals surface area (Å²) in [6, 6.07) is 1.79. The highest BCUT2D eigenvalue weighted by atomic mass is 127. The third kappa shape index (κ3) is 2.83. The van der Waals surface area contributed by atoms with Crippen LogP contribution in [0.4, 0.5) is 0 Å². The van der Waals surface area contributed by atoms with Crippen molar-refractivity contribution in [3.05, 3.63) is 19.9 Å². The second kappa shape index (κ2) is 4.99. The van der Waals surface area contributed by atoms with Crippen molar-refractivity contribution >= 4 is 51.4 Å². The molecule has 1 saturated heterocycles. The minimum absolute atomic E-state index is 0.0725. The molecule has 2 heterocycles. The summed E-state index contributed by atoms with van der Waals surface area (Å²) in [6.45, 7) is 1.01. The normalized spacial score (nSPS) is 25.5. The lowest BCUT2D eigenvalue weighted by atomic mass is 10.2. The lowest BCUT2D eigenvalue weighted by Gasteiger charge is -2.12. The van der Waals surface area contributed by atoms with Gasteiger partial charge in [-0.25, -0.2) is 0 Å². The van der Waals surface area contributed by atoms with E-state index in [2.05, 4.69) is 27.9 Å². The number of thiophene rings is 1. The average molecular weight is 358 g/mol. The van der Waals surface area contributed by atoms with Crippen LogP contribution in [0.1, 0.15) is 10.4 Å². The summed E-state index contributed by atoms with van der Waals surface area (Å²) in [6.07, 6.45) is 0. The first-order valence-corrected chi connectivity index (χ1v) is 6.83. The summed E-state index contributed by atoms with van der Waals surface area (Å²) in [5.74, 6) is -0.0738. The predicted molar refractivity (Wildman–Crippen MR) is 68.8 cm³/mol. The SMILES string of the molecule is O=C(NC1COCC1Cl)c1csc(I)c1. The maximum atomic E-state index is 11.7. The average Bonchev–Trinajstić information content (AvgIpc) is 2.77. The molecule has 1 aliphatic rings. The molecule has 15 heavy (non-hydrogen) atoms. The van der Waals surface area contributed by atoms with E-state index >= 15 is 0 Å². The molecule has 1 amide bonds. The Morgan fingerprint density at radius 3 is 3.00 bits per heavy atom. The molecule has 6 heteroatoms. The van der Waals surface area contributed by atoms with E-state index in [1.54, 1.807) is 11.3 Å². The van der Waals surface area contributed by atoms with E-state index in [0.29, 0.717) is 18.8 Å². The van der Waals surface area contributed by atoms with Crippen molar-refractivity contribution in [2.75, 3.05) is 13.2 Å². The Kier molecular flexibility index (Phi) is 3.87. The summed E-state index contributed by atoms with van der Waals surface area (Å²) in [5.41, 5.74) is 0.695. The number of halogens is 2. The van der Waals surface area contributed by atoms with E-state index in [1.165, 1.54) is 0 Å². The molecule has 2 rings (SSSR count). The minimum atomic E-state index is -0.119. The van der Waals surface area contributed by atoms with Gasteiger partial charge in [0.2, 0.25) is 0 Å². The third-order valence-electron chi connectivity index (χ3n) is 2.16. The summed E-state index contributed by atoms with van der Waals surface area (Å²) < 4.78 is 6.27. The third-order valence-corrected chi connectivity index (χ3v) is 4.38. The van der Waals surface area contributed by atoms with Gasteiger partial charge in [-0.3, -0.25) is 4.79 Å². The highest BCUT2D eigenvalue weighted by Gasteiger charge is 2.28. The molecule has 1 aromatic rings. The number of nitrogens with one attached hydrogen (secondary N) is 1. The molecular weight excluding hydrogens is 349 g/mol. The monoisotopic (exact) mass is 357 g/mol. The van der Waals surface area contributed by atoms with Crippen molar-refractivity contribution in [1.82, 2.24) is 5.32 Å². The van der Waals surface area contributed by atoms with Gasteiger partial charge in [-0.1, -0.05) is 0 Å². The number of amides is 1. The molecule has 0 spiro atoms. The Hall–Kier alpha value is 0.150. The van der Waals surface area contributed by atoms with Crippen molar-refractivity contribution in [3.8, 4) is 0 Å². The highest BCUT2D eigenvalue weighted by molar-refractivity contribution is 14.1. The maximum Gasteiger partial charge on any atom is 0.252 e. The smallest absolute Gasteiger partial charge is 0.252 e. The van der Waals surface area contributed by atoms with E-state index in [0.717, 1.165) is 2.88 Å². The Labute approximate surface area is 110 Å². The zero-order valence-corrected chi connectivity index (χ0v) is 11.4. The molecule has 1 aromatic heterocycles. The van der Waals surface area contributed by atoms with E-state index in [4.69, 9.17) is 16.3 Å². The van der Waals surface area contributed by atoms with Crippen LogP contribution in [0.3, 0.4) is 0 Å². The zero-order valence-electron chi connectivity index (χ0n) is 7.70. The van der Waals surface area contributed by atoms with Gasteiger partial charge in [0.1, 0.15) is 0 Å². The van der Waals surface area contributed by atoms with Crippen LogP contribution in [-0.4, -0.2) is 30.5 Å². The first-order chi connectivity index (χ1) is 7.16. The van der Waals surface area contributed by atoms with Gasteiger partial charge in [-0.2, -0.15) is 0 Å². The molecule has 0 aliphatic carbocycles. The molecule has 2 unspecified atom stereocenters. The lowest BCUT2D eigenvalue weighted by Crippen LogP contribution is -2.40. The van der Waals surface area contributed by atoms with Gasteiger partial charge in [0.25, 0.3) is 5.91 Å². The van der Waals surface area contributed by atoms with Crippen LogP contribution in [0.5, 0.6) is 0 Å². The summed E-state index contributed by atoms with van der Waals surface area (Å²) in [7, 11) is 0. The standard InChI is InChI=1S/C9H9ClINO2S/c10-6-2-14-3-7(6)12-9(13)5-1-8(11)15-4-5/h1,4,6-7H,2-3H2,(H,12,13). The van der Waals surface area contributed by atoms with Gasteiger partial charge in [-0.15, -0.1) is 22.9 Å². The molecule has 1 aliphatic heterocycles. The predicted octanol–water partition coefficient (Wildman–Crippen LogP) is 2.09. The summed E-state index contributed by atoms with van der Waals surface area (Å²) in [5, 5.41) is 4.59. The van der Waals surface area contributed by atoms with Gasteiger partial charge in [-0.05, 0) is 28.7 Å². The van der Waals surface area contributed by atoms with Crippen molar-refractivity contribution in [2.45, 2.75) is 11.4 Å². The fourth-order valence-corrected chi connectivity index (χ4v) is 2.89. The summed E-state index contributed by atoms with van der Waals surface area (Å²) in [4.78, 5) is 11.7. The van der Waals surface area contributed by atoms with Gasteiger partial charge in [0, 0.05) is 5.38 Å². The number of alkyl halides is 1. The molecule has 0 bridgehead atoms. The first kappa shape index (κ1) is 11.6.